The van der Waals surface area contributed by atoms with Gasteiger partial charge in [-0.1, -0.05) is 18.2 Å². The Kier molecular flexibility index (Phi) is 4.70. The lowest BCUT2D eigenvalue weighted by Crippen LogP contribution is -2.56. The lowest BCUT2D eigenvalue weighted by atomic mass is 10.0. The Balaban J connectivity index is 1.64. The van der Waals surface area contributed by atoms with Gasteiger partial charge in [-0.15, -0.1) is 0 Å². The first kappa shape index (κ1) is 15.0. The molecule has 0 bridgehead atoms. The molecule has 2 N–H and O–H groups in total. The van der Waals surface area contributed by atoms with E-state index in [2.05, 4.69) is 10.6 Å². The smallest absolute Gasteiger partial charge is 0.251 e. The molecule has 2 amide bonds. The number of carbonyl (C=O) groups is 2. The Hall–Kier alpha value is -1.92. The zero-order valence-corrected chi connectivity index (χ0v) is 12.5. The SMILES string of the molecule is O=C(NC1CCCN(c2ccccc2)C1=O)C1CNCCO1. The largest absolute Gasteiger partial charge is 0.366 e. The summed E-state index contributed by atoms with van der Waals surface area (Å²) < 4.78 is 5.43. The molecule has 1 aromatic carbocycles. The van der Waals surface area contributed by atoms with Crippen LogP contribution < -0.4 is 15.5 Å². The van der Waals surface area contributed by atoms with Crippen LogP contribution in [-0.2, 0) is 14.3 Å². The maximum absolute atomic E-state index is 12.6. The third-order valence-electron chi connectivity index (χ3n) is 4.04. The summed E-state index contributed by atoms with van der Waals surface area (Å²) in [6.07, 6.45) is 1.04. The fourth-order valence-electron chi connectivity index (χ4n) is 2.87. The van der Waals surface area contributed by atoms with Gasteiger partial charge in [-0.2, -0.15) is 0 Å². The highest BCUT2D eigenvalue weighted by molar-refractivity contribution is 6.00. The molecule has 2 aliphatic rings. The summed E-state index contributed by atoms with van der Waals surface area (Å²) >= 11 is 0. The summed E-state index contributed by atoms with van der Waals surface area (Å²) in [5.41, 5.74) is 0.877. The lowest BCUT2D eigenvalue weighted by Gasteiger charge is -2.33. The minimum atomic E-state index is -0.506. The van der Waals surface area contributed by atoms with Gasteiger partial charge in [0.1, 0.15) is 12.1 Å². The standard InChI is InChI=1S/C16H21N3O3/c20-15(14-11-17-8-10-22-14)18-13-7-4-9-19(16(13)21)12-5-2-1-3-6-12/h1-3,5-6,13-14,17H,4,7-11H2,(H,18,20). The number of nitrogens with one attached hydrogen (secondary N) is 2. The van der Waals surface area contributed by atoms with Crippen molar-refractivity contribution in [1.29, 1.82) is 0 Å². The molecule has 1 aromatic rings. The molecule has 2 saturated heterocycles. The van der Waals surface area contributed by atoms with Gasteiger partial charge in [0.2, 0.25) is 5.91 Å². The van der Waals surface area contributed by atoms with Crippen LogP contribution in [0, 0.1) is 0 Å². The average molecular weight is 303 g/mol. The highest BCUT2D eigenvalue weighted by atomic mass is 16.5. The van der Waals surface area contributed by atoms with Gasteiger partial charge in [0.05, 0.1) is 6.61 Å². The van der Waals surface area contributed by atoms with Gasteiger partial charge in [-0.25, -0.2) is 0 Å². The van der Waals surface area contributed by atoms with Gasteiger partial charge in [-0.05, 0) is 25.0 Å². The van der Waals surface area contributed by atoms with Crippen molar-refractivity contribution >= 4 is 17.5 Å². The molecule has 6 heteroatoms. The minimum absolute atomic E-state index is 0.0467. The number of para-hydroxylation sites is 1. The monoisotopic (exact) mass is 303 g/mol. The van der Waals surface area contributed by atoms with E-state index in [1.54, 1.807) is 4.90 Å². The topological polar surface area (TPSA) is 70.7 Å². The zero-order valence-electron chi connectivity index (χ0n) is 12.5. The van der Waals surface area contributed by atoms with E-state index in [0.29, 0.717) is 26.1 Å². The molecule has 0 spiro atoms. The van der Waals surface area contributed by atoms with Crippen LogP contribution in [0.15, 0.2) is 30.3 Å². The number of anilines is 1. The molecule has 0 aliphatic carbocycles. The normalized spacial score (nSPS) is 25.8. The van der Waals surface area contributed by atoms with E-state index in [1.807, 2.05) is 30.3 Å². The van der Waals surface area contributed by atoms with Crippen molar-refractivity contribution in [3.8, 4) is 0 Å². The first-order valence-electron chi connectivity index (χ1n) is 7.75. The van der Waals surface area contributed by atoms with Crippen molar-refractivity contribution in [3.05, 3.63) is 30.3 Å². The number of carbonyl (C=O) groups excluding carboxylic acids is 2. The predicted molar refractivity (Wildman–Crippen MR) is 82.6 cm³/mol. The second-order valence-electron chi connectivity index (χ2n) is 5.59. The molecular weight excluding hydrogens is 282 g/mol. The minimum Gasteiger partial charge on any atom is -0.366 e. The number of nitrogens with zero attached hydrogens (tertiary/aromatic N) is 1. The average Bonchev–Trinajstić information content (AvgIpc) is 2.58. The van der Waals surface area contributed by atoms with Crippen LogP contribution >= 0.6 is 0 Å². The van der Waals surface area contributed by atoms with Crippen molar-refractivity contribution < 1.29 is 14.3 Å². The van der Waals surface area contributed by atoms with E-state index in [0.717, 1.165) is 18.7 Å². The summed E-state index contributed by atoms with van der Waals surface area (Å²) in [6, 6.07) is 9.10. The van der Waals surface area contributed by atoms with Crippen molar-refractivity contribution in [3.63, 3.8) is 0 Å². The molecule has 2 heterocycles. The van der Waals surface area contributed by atoms with Crippen LogP contribution in [-0.4, -0.2) is 50.2 Å². The van der Waals surface area contributed by atoms with Gasteiger partial charge in [0.25, 0.3) is 5.91 Å². The number of hydrogen-bond donors (Lipinski definition) is 2. The van der Waals surface area contributed by atoms with Crippen LogP contribution in [0.5, 0.6) is 0 Å². The molecule has 2 aliphatic heterocycles. The summed E-state index contributed by atoms with van der Waals surface area (Å²) in [4.78, 5) is 26.6. The Morgan fingerprint density at radius 1 is 1.32 bits per heavy atom. The summed E-state index contributed by atoms with van der Waals surface area (Å²) in [5.74, 6) is -0.255. The Morgan fingerprint density at radius 3 is 2.86 bits per heavy atom. The van der Waals surface area contributed by atoms with Gasteiger partial charge < -0.3 is 20.3 Å². The molecule has 2 atom stereocenters. The first-order valence-corrected chi connectivity index (χ1v) is 7.75. The molecule has 0 saturated carbocycles. The van der Waals surface area contributed by atoms with E-state index >= 15 is 0 Å². The molecular formula is C16H21N3O3. The summed E-state index contributed by atoms with van der Waals surface area (Å²) in [5, 5.41) is 5.96. The molecule has 2 unspecified atom stereocenters. The zero-order chi connectivity index (χ0) is 15.4. The third-order valence-corrected chi connectivity index (χ3v) is 4.04. The second-order valence-corrected chi connectivity index (χ2v) is 5.59. The second kappa shape index (κ2) is 6.89. The van der Waals surface area contributed by atoms with E-state index in [9.17, 15) is 9.59 Å². The molecule has 0 radical (unpaired) electrons. The maximum atomic E-state index is 12.6. The van der Waals surface area contributed by atoms with Gasteiger partial charge in [0.15, 0.2) is 0 Å². The summed E-state index contributed by atoms with van der Waals surface area (Å²) in [6.45, 7) is 2.46. The number of rotatable bonds is 3. The van der Waals surface area contributed by atoms with Crippen molar-refractivity contribution in [2.45, 2.75) is 25.0 Å². The maximum Gasteiger partial charge on any atom is 0.251 e. The fraction of sp³-hybridized carbons (Fsp3) is 0.500. The summed E-state index contributed by atoms with van der Waals surface area (Å²) in [7, 11) is 0. The van der Waals surface area contributed by atoms with E-state index in [1.165, 1.54) is 0 Å². The van der Waals surface area contributed by atoms with Crippen molar-refractivity contribution in [2.75, 3.05) is 31.1 Å². The predicted octanol–water partition coefficient (Wildman–Crippen LogP) is 0.287. The highest BCUT2D eigenvalue weighted by Crippen LogP contribution is 2.20. The Morgan fingerprint density at radius 2 is 2.14 bits per heavy atom. The fourth-order valence-corrected chi connectivity index (χ4v) is 2.87. The molecule has 6 nitrogen and oxygen atoms in total. The third kappa shape index (κ3) is 3.28. The van der Waals surface area contributed by atoms with Gasteiger partial charge in [0, 0.05) is 25.3 Å². The van der Waals surface area contributed by atoms with E-state index in [-0.39, 0.29) is 11.8 Å². The Labute approximate surface area is 129 Å². The number of amides is 2. The number of hydrogen-bond acceptors (Lipinski definition) is 4. The van der Waals surface area contributed by atoms with Gasteiger partial charge in [-0.3, -0.25) is 9.59 Å². The lowest BCUT2D eigenvalue weighted by molar-refractivity contribution is -0.137. The van der Waals surface area contributed by atoms with E-state index in [4.69, 9.17) is 4.74 Å². The van der Waals surface area contributed by atoms with Crippen molar-refractivity contribution in [2.24, 2.45) is 0 Å². The number of ether oxygens (including phenoxy) is 1. The first-order chi connectivity index (χ1) is 10.8. The molecule has 22 heavy (non-hydrogen) atoms. The molecule has 2 fully saturated rings. The van der Waals surface area contributed by atoms with Crippen LogP contribution in [0.25, 0.3) is 0 Å². The van der Waals surface area contributed by atoms with Crippen LogP contribution in [0.3, 0.4) is 0 Å². The van der Waals surface area contributed by atoms with Crippen LogP contribution in [0.1, 0.15) is 12.8 Å². The molecule has 0 aromatic heterocycles. The molecule has 3 rings (SSSR count). The number of piperidine rings is 1. The van der Waals surface area contributed by atoms with Gasteiger partial charge >= 0.3 is 0 Å². The number of morpholine rings is 1. The highest BCUT2D eigenvalue weighted by Gasteiger charge is 2.33. The number of benzene rings is 1. The van der Waals surface area contributed by atoms with Crippen LogP contribution in [0.4, 0.5) is 5.69 Å². The Bertz CT molecular complexity index is 529. The van der Waals surface area contributed by atoms with Crippen molar-refractivity contribution in [1.82, 2.24) is 10.6 Å². The quantitative estimate of drug-likeness (QED) is 0.842. The van der Waals surface area contributed by atoms with E-state index < -0.39 is 12.1 Å². The van der Waals surface area contributed by atoms with Crippen LogP contribution in [0.2, 0.25) is 0 Å². The molecule has 118 valence electrons.